The number of carbonyl (C=O) groups is 10. The number of phenolic OH excluding ortho intramolecular Hbond substituents is 1. The van der Waals surface area contributed by atoms with Gasteiger partial charge in [0.15, 0.2) is 6.04 Å². The SMILES string of the molecule is C[C@@H](O)[C@H](NC(=O)[C@H](Cc1c[nH]c2ccccc12)NC(=O)[C@@H]1CCCN1C(=O)[C@@H](NC(=O)CNC(=O)[C@H](Cc1ccc(O)cc1)NC(=O)[C@H](Cc1cnc[nH]1)NC(=O)[C@H](Cc1cnc[nH]1)NC(=O)[C@@H](N)CCC(N)=O)[C@@H](C)O)C(=O)O. The molecule has 0 bridgehead atoms. The lowest BCUT2D eigenvalue weighted by molar-refractivity contribution is -0.146. The number of aliphatic hydroxyl groups is 2. The summed E-state index contributed by atoms with van der Waals surface area (Å²) in [4.78, 5) is 152. The molecule has 29 heteroatoms. The van der Waals surface area contributed by atoms with Crippen LogP contribution >= 0.6 is 0 Å². The number of aromatic nitrogens is 5. The van der Waals surface area contributed by atoms with E-state index in [1.807, 2.05) is 0 Å². The first-order valence-electron chi connectivity index (χ1n) is 25.9. The van der Waals surface area contributed by atoms with Crippen LogP contribution in [0.3, 0.4) is 0 Å². The highest BCUT2D eigenvalue weighted by Crippen LogP contribution is 2.23. The molecule has 81 heavy (non-hydrogen) atoms. The zero-order valence-corrected chi connectivity index (χ0v) is 44.2. The fourth-order valence-electron chi connectivity index (χ4n) is 9.01. The minimum atomic E-state index is -1.73. The van der Waals surface area contributed by atoms with E-state index in [-0.39, 0.29) is 57.2 Å². The van der Waals surface area contributed by atoms with Crippen molar-refractivity contribution in [2.24, 2.45) is 11.5 Å². The van der Waals surface area contributed by atoms with Gasteiger partial charge in [-0.25, -0.2) is 14.8 Å². The Labute approximate surface area is 462 Å². The van der Waals surface area contributed by atoms with Crippen molar-refractivity contribution in [1.29, 1.82) is 0 Å². The summed E-state index contributed by atoms with van der Waals surface area (Å²) >= 11 is 0. The number of aliphatic carboxylic acids is 1. The number of nitrogens with one attached hydrogen (secondary N) is 10. The molecule has 5 aromatic rings. The minimum absolute atomic E-state index is 0.0122. The molecule has 0 unspecified atom stereocenters. The summed E-state index contributed by atoms with van der Waals surface area (Å²) in [5.41, 5.74) is 13.7. The predicted octanol–water partition coefficient (Wildman–Crippen LogP) is -3.95. The number of aliphatic hydroxyl groups excluding tert-OH is 2. The zero-order chi connectivity index (χ0) is 58.9. The van der Waals surface area contributed by atoms with E-state index in [1.165, 1.54) is 63.2 Å². The third-order valence-corrected chi connectivity index (χ3v) is 13.4. The number of imidazole rings is 2. The molecule has 0 radical (unpaired) electrons. The molecule has 0 spiro atoms. The Kier molecular flexibility index (Phi) is 21.5. The number of carboxylic acids is 1. The molecule has 0 aliphatic carbocycles. The minimum Gasteiger partial charge on any atom is -0.508 e. The van der Waals surface area contributed by atoms with Gasteiger partial charge in [0.25, 0.3) is 0 Å². The summed E-state index contributed by atoms with van der Waals surface area (Å²) in [5.74, 6) is -9.44. The second-order valence-electron chi connectivity index (χ2n) is 19.6. The molecular weight excluding hydrogens is 1060 g/mol. The quantitative estimate of drug-likeness (QED) is 0.0217. The lowest BCUT2D eigenvalue weighted by Gasteiger charge is -2.31. The monoisotopic (exact) mass is 1130 g/mol. The number of aromatic hydroxyl groups is 1. The third-order valence-electron chi connectivity index (χ3n) is 13.4. The van der Waals surface area contributed by atoms with Gasteiger partial charge in [-0.2, -0.15) is 0 Å². The molecule has 1 saturated heterocycles. The normalized spacial score (nSPS) is 16.5. The molecule has 2 aromatic carbocycles. The van der Waals surface area contributed by atoms with E-state index < -0.39 is 126 Å². The van der Waals surface area contributed by atoms with E-state index in [2.05, 4.69) is 62.1 Å². The topological polar surface area (TPSA) is 464 Å². The third kappa shape index (κ3) is 17.4. The Hall–Kier alpha value is -9.22. The standard InChI is InChI=1S/C52H67N15O14/c1-26(68)43(51(79)67-15-5-8-40(67)50(78)64-37(49(77)66-44(27(2)69)52(80)81)17-29-20-57-35-7-4-3-6-33(29)35)65-42(72)23-58-46(74)36(16-28-9-11-32(70)12-10-28)62-48(76)39(19-31-22-56-25-60-31)63-47(75)38(18-30-21-55-24-59-30)61-45(73)34(53)13-14-41(54)71/h3-4,6-7,9-12,20-22,24-27,34,36-40,43-44,57,68-70H,5,8,13-19,23,53H2,1-2H3,(H2,54,71)(H,55,59)(H,56,60)(H,58,74)(H,61,73)(H,62,76)(H,63,75)(H,64,78)(H,65,72)(H,66,77)(H,80,81)/t26-,27-,34+,36+,37+,38+,39+,40+,43+,44+/m1/s1. The fraction of sp³-hybridized carbons (Fsp3) is 0.423. The summed E-state index contributed by atoms with van der Waals surface area (Å²) in [6.07, 6.45) is 3.34. The van der Waals surface area contributed by atoms with E-state index >= 15 is 0 Å². The van der Waals surface area contributed by atoms with Crippen molar-refractivity contribution in [3.05, 3.63) is 102 Å². The fourth-order valence-corrected chi connectivity index (χ4v) is 9.01. The second-order valence-corrected chi connectivity index (χ2v) is 19.6. The van der Waals surface area contributed by atoms with Gasteiger partial charge in [0, 0.05) is 79.5 Å². The van der Waals surface area contributed by atoms with Gasteiger partial charge in [0.2, 0.25) is 53.2 Å². The summed E-state index contributed by atoms with van der Waals surface area (Å²) in [6.45, 7) is 1.56. The van der Waals surface area contributed by atoms with Gasteiger partial charge in [-0.05, 0) is 62.4 Å². The van der Waals surface area contributed by atoms with Crippen molar-refractivity contribution in [3.63, 3.8) is 0 Å². The van der Waals surface area contributed by atoms with Crippen molar-refractivity contribution in [2.75, 3.05) is 13.1 Å². The first-order valence-corrected chi connectivity index (χ1v) is 25.9. The van der Waals surface area contributed by atoms with E-state index in [0.717, 1.165) is 10.4 Å². The van der Waals surface area contributed by atoms with Gasteiger partial charge < -0.3 is 89.0 Å². The van der Waals surface area contributed by atoms with Crippen LogP contribution in [0.1, 0.15) is 62.0 Å². The van der Waals surface area contributed by atoms with Crippen LogP contribution < -0.4 is 48.7 Å². The Morgan fingerprint density at radius 3 is 1.83 bits per heavy atom. The van der Waals surface area contributed by atoms with Crippen molar-refractivity contribution >= 4 is 70.0 Å². The number of para-hydroxylation sites is 1. The number of fused-ring (bicyclic) bond motifs is 1. The number of hydrogen-bond donors (Lipinski definition) is 16. The molecule has 3 aromatic heterocycles. The number of carbonyl (C=O) groups excluding carboxylic acids is 9. The van der Waals surface area contributed by atoms with E-state index in [9.17, 15) is 68.4 Å². The number of likely N-dealkylation sites (tertiary alicyclic amines) is 1. The van der Waals surface area contributed by atoms with Gasteiger partial charge in [-0.3, -0.25) is 43.2 Å². The number of carboxylic acid groups (broad SMARTS) is 1. The molecule has 1 aliphatic heterocycles. The van der Waals surface area contributed by atoms with Crippen molar-refractivity contribution in [1.82, 2.24) is 67.0 Å². The van der Waals surface area contributed by atoms with Gasteiger partial charge in [0.05, 0.1) is 37.4 Å². The molecule has 9 amide bonds. The number of phenols is 1. The highest BCUT2D eigenvalue weighted by atomic mass is 16.4. The zero-order valence-electron chi connectivity index (χ0n) is 44.2. The van der Waals surface area contributed by atoms with E-state index in [1.54, 1.807) is 30.5 Å². The lowest BCUT2D eigenvalue weighted by Crippen LogP contribution is -2.60. The van der Waals surface area contributed by atoms with Crippen LogP contribution in [-0.2, 0) is 73.6 Å². The average molecular weight is 1130 g/mol. The molecular formula is C52H67N15O14. The summed E-state index contributed by atoms with van der Waals surface area (Å²) in [5, 5.41) is 58.9. The number of nitrogens with zero attached hydrogens (tertiary/aromatic N) is 3. The van der Waals surface area contributed by atoms with Crippen LogP contribution in [0, 0.1) is 0 Å². The van der Waals surface area contributed by atoms with Gasteiger partial charge in [0.1, 0.15) is 42.0 Å². The maximum Gasteiger partial charge on any atom is 0.328 e. The van der Waals surface area contributed by atoms with Crippen molar-refractivity contribution in [3.8, 4) is 5.75 Å². The van der Waals surface area contributed by atoms with Crippen LogP contribution in [0.5, 0.6) is 5.75 Å². The number of H-pyrrole nitrogens is 3. The van der Waals surface area contributed by atoms with Crippen LogP contribution in [0.25, 0.3) is 10.9 Å². The van der Waals surface area contributed by atoms with E-state index in [4.69, 9.17) is 11.5 Å². The van der Waals surface area contributed by atoms with E-state index in [0.29, 0.717) is 34.3 Å². The highest BCUT2D eigenvalue weighted by Gasteiger charge is 2.41. The number of aromatic amines is 3. The van der Waals surface area contributed by atoms with Crippen molar-refractivity contribution in [2.45, 2.75) is 126 Å². The molecule has 10 atom stereocenters. The number of rotatable bonds is 29. The first kappa shape index (κ1) is 61.0. The highest BCUT2D eigenvalue weighted by molar-refractivity contribution is 5.98. The van der Waals surface area contributed by atoms with Crippen LogP contribution in [0.4, 0.5) is 0 Å². The number of primary amides is 1. The van der Waals surface area contributed by atoms with Gasteiger partial charge in [-0.15, -0.1) is 0 Å². The molecule has 434 valence electrons. The molecule has 1 aliphatic rings. The van der Waals surface area contributed by atoms with Crippen molar-refractivity contribution < 1.29 is 68.4 Å². The Morgan fingerprint density at radius 2 is 1.26 bits per heavy atom. The molecule has 4 heterocycles. The predicted molar refractivity (Wildman–Crippen MR) is 285 cm³/mol. The summed E-state index contributed by atoms with van der Waals surface area (Å²) in [6, 6.07) is 1.17. The number of benzene rings is 2. The van der Waals surface area contributed by atoms with Gasteiger partial charge in [-0.1, -0.05) is 30.3 Å². The first-order chi connectivity index (χ1) is 38.6. The molecule has 0 saturated carbocycles. The second kappa shape index (κ2) is 28.6. The summed E-state index contributed by atoms with van der Waals surface area (Å²) < 4.78 is 0. The average Bonchev–Trinajstić information content (AvgIpc) is 4.30. The molecule has 1 fully saturated rings. The maximum atomic E-state index is 14.3. The smallest absolute Gasteiger partial charge is 0.328 e. The Balaban J connectivity index is 1.15. The maximum absolute atomic E-state index is 14.3. The van der Waals surface area contributed by atoms with Crippen LogP contribution in [0.2, 0.25) is 0 Å². The number of hydrogen-bond acceptors (Lipinski definition) is 16. The van der Waals surface area contributed by atoms with Gasteiger partial charge >= 0.3 is 5.97 Å². The molecule has 29 nitrogen and oxygen atoms in total. The lowest BCUT2D eigenvalue weighted by atomic mass is 10.0. The summed E-state index contributed by atoms with van der Waals surface area (Å²) in [7, 11) is 0. The molecule has 18 N–H and O–H groups in total. The Morgan fingerprint density at radius 1 is 0.691 bits per heavy atom. The van der Waals surface area contributed by atoms with Crippen LogP contribution in [-0.4, -0.2) is 183 Å². The largest absolute Gasteiger partial charge is 0.508 e. The Bertz CT molecular complexity index is 3000. The molecule has 6 rings (SSSR count). The van der Waals surface area contributed by atoms with Crippen LogP contribution in [0.15, 0.2) is 79.8 Å². The number of amides is 9. The number of nitrogens with two attached hydrogens (primary N) is 2.